The summed E-state index contributed by atoms with van der Waals surface area (Å²) in [4.78, 5) is 11.2. The average molecular weight is 266 g/mol. The van der Waals surface area contributed by atoms with E-state index in [0.717, 1.165) is 30.8 Å². The molecule has 0 atom stereocenters. The van der Waals surface area contributed by atoms with Crippen LogP contribution in [0.15, 0.2) is 6.20 Å². The topological polar surface area (TPSA) is 50.3 Å². The summed E-state index contributed by atoms with van der Waals surface area (Å²) in [5.41, 5.74) is 1.10. The molecule has 1 aromatic heterocycles. The Bertz CT molecular complexity index is 380. The Labute approximate surface area is 116 Å². The zero-order valence-electron chi connectivity index (χ0n) is 12.7. The van der Waals surface area contributed by atoms with Crippen LogP contribution in [-0.4, -0.2) is 43.3 Å². The van der Waals surface area contributed by atoms with Gasteiger partial charge in [-0.1, -0.05) is 13.8 Å². The van der Waals surface area contributed by atoms with E-state index in [1.807, 2.05) is 13.2 Å². The molecule has 0 amide bonds. The maximum atomic E-state index is 5.23. The third-order valence-corrected chi connectivity index (χ3v) is 3.36. The van der Waals surface area contributed by atoms with Crippen molar-refractivity contribution < 1.29 is 4.74 Å². The van der Waals surface area contributed by atoms with E-state index in [0.29, 0.717) is 18.6 Å². The number of nitrogens with zero attached hydrogens (tertiary/aromatic N) is 3. The Balaban J connectivity index is 3.07. The first-order valence-electron chi connectivity index (χ1n) is 6.94. The number of methoxy groups -OCH3 is 1. The van der Waals surface area contributed by atoms with Gasteiger partial charge < -0.3 is 15.0 Å². The van der Waals surface area contributed by atoms with E-state index in [-0.39, 0.29) is 0 Å². The normalized spacial score (nSPS) is 10.8. The molecule has 5 heteroatoms. The second-order valence-corrected chi connectivity index (χ2v) is 4.61. The van der Waals surface area contributed by atoms with Crippen LogP contribution in [0.1, 0.15) is 32.3 Å². The molecule has 0 spiro atoms. The number of hydrogen-bond acceptors (Lipinski definition) is 5. The van der Waals surface area contributed by atoms with Crippen molar-refractivity contribution in [3.05, 3.63) is 11.8 Å². The highest BCUT2D eigenvalue weighted by atomic mass is 16.5. The smallest absolute Gasteiger partial charge is 0.224 e. The molecule has 0 bridgehead atoms. The highest BCUT2D eigenvalue weighted by Crippen LogP contribution is 2.22. The van der Waals surface area contributed by atoms with Gasteiger partial charge in [-0.2, -0.15) is 4.98 Å². The standard InChI is InChI=1S/C14H26N4O/c1-6-12(7-2)18(8-9-19-5)13-11(3)10-16-14(15-4)17-13/h10,12H,6-9H2,1-5H3,(H,15,16,17). The number of rotatable bonds is 8. The molecule has 19 heavy (non-hydrogen) atoms. The summed E-state index contributed by atoms with van der Waals surface area (Å²) < 4.78 is 5.23. The molecule has 108 valence electrons. The maximum Gasteiger partial charge on any atom is 0.224 e. The Morgan fingerprint density at radius 3 is 2.58 bits per heavy atom. The molecule has 0 aliphatic heterocycles. The zero-order chi connectivity index (χ0) is 14.3. The fourth-order valence-corrected chi connectivity index (χ4v) is 2.22. The van der Waals surface area contributed by atoms with Crippen LogP contribution in [0.5, 0.6) is 0 Å². The van der Waals surface area contributed by atoms with E-state index in [4.69, 9.17) is 4.74 Å². The minimum Gasteiger partial charge on any atom is -0.383 e. The molecule has 1 aromatic rings. The van der Waals surface area contributed by atoms with Gasteiger partial charge in [0.15, 0.2) is 0 Å². The molecular weight excluding hydrogens is 240 g/mol. The summed E-state index contributed by atoms with van der Waals surface area (Å²) in [6.45, 7) is 8.03. The lowest BCUT2D eigenvalue weighted by atomic mass is 10.1. The van der Waals surface area contributed by atoms with Crippen molar-refractivity contribution in [2.24, 2.45) is 0 Å². The first kappa shape index (κ1) is 15.7. The first-order valence-corrected chi connectivity index (χ1v) is 6.94. The van der Waals surface area contributed by atoms with Gasteiger partial charge in [0.2, 0.25) is 5.95 Å². The molecule has 0 aliphatic carbocycles. The van der Waals surface area contributed by atoms with Crippen LogP contribution in [0.4, 0.5) is 11.8 Å². The van der Waals surface area contributed by atoms with Crippen molar-refractivity contribution in [1.82, 2.24) is 9.97 Å². The number of nitrogens with one attached hydrogen (secondary N) is 1. The molecule has 0 aliphatic rings. The van der Waals surface area contributed by atoms with Crippen LogP contribution in [0.3, 0.4) is 0 Å². The van der Waals surface area contributed by atoms with Gasteiger partial charge >= 0.3 is 0 Å². The largest absolute Gasteiger partial charge is 0.383 e. The Kier molecular flexibility index (Phi) is 6.56. The summed E-state index contributed by atoms with van der Waals surface area (Å²) in [5.74, 6) is 1.67. The van der Waals surface area contributed by atoms with Crippen LogP contribution in [0, 0.1) is 6.92 Å². The van der Waals surface area contributed by atoms with E-state index in [1.54, 1.807) is 7.11 Å². The maximum absolute atomic E-state index is 5.23. The summed E-state index contributed by atoms with van der Waals surface area (Å²) in [5, 5.41) is 3.00. The fraction of sp³-hybridized carbons (Fsp3) is 0.714. The Morgan fingerprint density at radius 1 is 1.37 bits per heavy atom. The van der Waals surface area contributed by atoms with Crippen molar-refractivity contribution >= 4 is 11.8 Å². The third-order valence-electron chi connectivity index (χ3n) is 3.36. The quantitative estimate of drug-likeness (QED) is 0.783. The molecule has 0 unspecified atom stereocenters. The molecule has 1 rings (SSSR count). The number of aryl methyl sites for hydroxylation is 1. The SMILES string of the molecule is CCC(CC)N(CCOC)c1nc(NC)ncc1C. The Hall–Kier alpha value is -1.36. The van der Waals surface area contributed by atoms with Crippen LogP contribution in [0.25, 0.3) is 0 Å². The number of anilines is 2. The molecule has 0 aromatic carbocycles. The highest BCUT2D eigenvalue weighted by molar-refractivity contribution is 5.49. The summed E-state index contributed by atoms with van der Waals surface area (Å²) >= 11 is 0. The van der Waals surface area contributed by atoms with Gasteiger partial charge in [-0.25, -0.2) is 4.98 Å². The van der Waals surface area contributed by atoms with Crippen LogP contribution >= 0.6 is 0 Å². The first-order chi connectivity index (χ1) is 9.17. The lowest BCUT2D eigenvalue weighted by Crippen LogP contribution is -2.38. The van der Waals surface area contributed by atoms with Crippen LogP contribution in [-0.2, 0) is 4.74 Å². The van der Waals surface area contributed by atoms with E-state index < -0.39 is 0 Å². The molecular formula is C14H26N4O. The van der Waals surface area contributed by atoms with E-state index >= 15 is 0 Å². The van der Waals surface area contributed by atoms with Gasteiger partial charge in [0.05, 0.1) is 6.61 Å². The van der Waals surface area contributed by atoms with Crippen molar-refractivity contribution in [3.63, 3.8) is 0 Å². The molecule has 0 fully saturated rings. The highest BCUT2D eigenvalue weighted by Gasteiger charge is 2.19. The molecule has 1 heterocycles. The predicted molar refractivity (Wildman–Crippen MR) is 79.9 cm³/mol. The predicted octanol–water partition coefficient (Wildman–Crippen LogP) is 2.47. The summed E-state index contributed by atoms with van der Waals surface area (Å²) in [6, 6.07) is 0.480. The minimum atomic E-state index is 0.480. The number of ether oxygens (including phenoxy) is 1. The molecule has 0 radical (unpaired) electrons. The van der Waals surface area contributed by atoms with Crippen LogP contribution in [0.2, 0.25) is 0 Å². The average Bonchev–Trinajstić information content (AvgIpc) is 2.44. The van der Waals surface area contributed by atoms with Gasteiger partial charge in [-0.15, -0.1) is 0 Å². The van der Waals surface area contributed by atoms with Gasteiger partial charge in [-0.05, 0) is 19.8 Å². The number of hydrogen-bond donors (Lipinski definition) is 1. The molecule has 1 N–H and O–H groups in total. The van der Waals surface area contributed by atoms with Crippen molar-refractivity contribution in [2.75, 3.05) is 37.5 Å². The fourth-order valence-electron chi connectivity index (χ4n) is 2.22. The second kappa shape index (κ2) is 7.94. The van der Waals surface area contributed by atoms with Crippen molar-refractivity contribution in [2.45, 2.75) is 39.7 Å². The lowest BCUT2D eigenvalue weighted by molar-refractivity contribution is 0.202. The summed E-state index contributed by atoms with van der Waals surface area (Å²) in [7, 11) is 3.57. The monoisotopic (exact) mass is 266 g/mol. The zero-order valence-corrected chi connectivity index (χ0v) is 12.7. The third kappa shape index (κ3) is 4.06. The van der Waals surface area contributed by atoms with Crippen molar-refractivity contribution in [1.29, 1.82) is 0 Å². The molecule has 0 saturated heterocycles. The van der Waals surface area contributed by atoms with Gasteiger partial charge in [-0.3, -0.25) is 0 Å². The Morgan fingerprint density at radius 2 is 2.05 bits per heavy atom. The number of aromatic nitrogens is 2. The second-order valence-electron chi connectivity index (χ2n) is 4.61. The van der Waals surface area contributed by atoms with E-state index in [9.17, 15) is 0 Å². The summed E-state index contributed by atoms with van der Waals surface area (Å²) in [6.07, 6.45) is 4.06. The van der Waals surface area contributed by atoms with Crippen molar-refractivity contribution in [3.8, 4) is 0 Å². The lowest BCUT2D eigenvalue weighted by Gasteiger charge is -2.32. The van der Waals surface area contributed by atoms with Gasteiger partial charge in [0, 0.05) is 38.5 Å². The van der Waals surface area contributed by atoms with Gasteiger partial charge in [0.1, 0.15) is 5.82 Å². The molecule has 5 nitrogen and oxygen atoms in total. The molecule has 0 saturated carbocycles. The van der Waals surface area contributed by atoms with E-state index in [1.165, 1.54) is 0 Å². The van der Waals surface area contributed by atoms with Crippen LogP contribution < -0.4 is 10.2 Å². The minimum absolute atomic E-state index is 0.480. The van der Waals surface area contributed by atoms with E-state index in [2.05, 4.69) is 41.0 Å². The van der Waals surface area contributed by atoms with Gasteiger partial charge in [0.25, 0.3) is 0 Å².